The molecule has 0 aliphatic rings. The standard InChI is InChI=1S/C10H17NS/c1-2-3-4-5-6-7-8-10(12)9-11/h2-8H2,1H3. The van der Waals surface area contributed by atoms with Crippen molar-refractivity contribution in [2.24, 2.45) is 0 Å². The van der Waals surface area contributed by atoms with E-state index >= 15 is 0 Å². The van der Waals surface area contributed by atoms with E-state index in [1.54, 1.807) is 0 Å². The number of rotatable bonds is 7. The van der Waals surface area contributed by atoms with Crippen LogP contribution in [0.1, 0.15) is 51.9 Å². The van der Waals surface area contributed by atoms with Crippen molar-refractivity contribution in [3.05, 3.63) is 0 Å². The van der Waals surface area contributed by atoms with Gasteiger partial charge in [-0.25, -0.2) is 0 Å². The highest BCUT2D eigenvalue weighted by Gasteiger charge is 1.94. The van der Waals surface area contributed by atoms with E-state index in [2.05, 4.69) is 6.92 Å². The second-order valence-electron chi connectivity index (χ2n) is 3.05. The third kappa shape index (κ3) is 7.68. The molecule has 0 unspecified atom stereocenters. The first kappa shape index (κ1) is 11.6. The summed E-state index contributed by atoms with van der Waals surface area (Å²) in [4.78, 5) is 0.561. The first-order valence-electron chi connectivity index (χ1n) is 4.74. The van der Waals surface area contributed by atoms with E-state index in [-0.39, 0.29) is 0 Å². The fourth-order valence-electron chi connectivity index (χ4n) is 1.12. The highest BCUT2D eigenvalue weighted by atomic mass is 32.1. The summed E-state index contributed by atoms with van der Waals surface area (Å²) >= 11 is 4.79. The van der Waals surface area contributed by atoms with Gasteiger partial charge in [0.2, 0.25) is 0 Å². The van der Waals surface area contributed by atoms with Crippen LogP contribution in [-0.4, -0.2) is 4.86 Å². The maximum absolute atomic E-state index is 8.38. The molecule has 0 N–H and O–H groups in total. The second kappa shape index (κ2) is 8.67. The molecule has 0 aliphatic heterocycles. The van der Waals surface area contributed by atoms with Crippen molar-refractivity contribution in [3.63, 3.8) is 0 Å². The average molecular weight is 183 g/mol. The minimum atomic E-state index is 0.561. The van der Waals surface area contributed by atoms with Crippen molar-refractivity contribution in [3.8, 4) is 6.07 Å². The molecule has 0 fully saturated rings. The van der Waals surface area contributed by atoms with Crippen LogP contribution in [0.15, 0.2) is 0 Å². The van der Waals surface area contributed by atoms with Gasteiger partial charge >= 0.3 is 0 Å². The van der Waals surface area contributed by atoms with E-state index in [1.165, 1.54) is 32.1 Å². The van der Waals surface area contributed by atoms with E-state index in [4.69, 9.17) is 17.5 Å². The van der Waals surface area contributed by atoms with Gasteiger partial charge < -0.3 is 0 Å². The lowest BCUT2D eigenvalue weighted by atomic mass is 10.1. The minimum absolute atomic E-state index is 0.561. The molecule has 12 heavy (non-hydrogen) atoms. The van der Waals surface area contributed by atoms with Crippen molar-refractivity contribution in [2.45, 2.75) is 51.9 Å². The van der Waals surface area contributed by atoms with Crippen LogP contribution < -0.4 is 0 Å². The van der Waals surface area contributed by atoms with Crippen molar-refractivity contribution in [2.75, 3.05) is 0 Å². The monoisotopic (exact) mass is 183 g/mol. The van der Waals surface area contributed by atoms with Gasteiger partial charge in [0.1, 0.15) is 6.07 Å². The largest absolute Gasteiger partial charge is 0.192 e. The van der Waals surface area contributed by atoms with Crippen LogP contribution in [0.25, 0.3) is 0 Å². The Kier molecular flexibility index (Phi) is 8.37. The van der Waals surface area contributed by atoms with Gasteiger partial charge in [-0.3, -0.25) is 0 Å². The van der Waals surface area contributed by atoms with Crippen LogP contribution >= 0.6 is 12.2 Å². The third-order valence-corrected chi connectivity index (χ3v) is 2.18. The van der Waals surface area contributed by atoms with Crippen LogP contribution in [0.2, 0.25) is 0 Å². The molecule has 2 heteroatoms. The van der Waals surface area contributed by atoms with Gasteiger partial charge in [0.05, 0.1) is 4.86 Å². The predicted molar refractivity (Wildman–Crippen MR) is 56.2 cm³/mol. The van der Waals surface area contributed by atoms with E-state index in [0.717, 1.165) is 12.8 Å². The molecule has 0 amide bonds. The summed E-state index contributed by atoms with van der Waals surface area (Å²) in [6.45, 7) is 2.21. The van der Waals surface area contributed by atoms with Gasteiger partial charge in [-0.1, -0.05) is 51.2 Å². The first-order valence-corrected chi connectivity index (χ1v) is 5.15. The highest BCUT2D eigenvalue weighted by molar-refractivity contribution is 7.80. The zero-order chi connectivity index (χ0) is 9.23. The van der Waals surface area contributed by atoms with Crippen molar-refractivity contribution >= 4 is 17.1 Å². The predicted octanol–water partition coefficient (Wildman–Crippen LogP) is 3.63. The fourth-order valence-corrected chi connectivity index (χ4v) is 1.27. The number of nitriles is 1. The highest BCUT2D eigenvalue weighted by Crippen LogP contribution is 2.07. The molecule has 0 heterocycles. The molecule has 0 aromatic rings. The summed E-state index contributed by atoms with van der Waals surface area (Å²) < 4.78 is 0. The molecule has 0 atom stereocenters. The quantitative estimate of drug-likeness (QED) is 0.444. The summed E-state index contributed by atoms with van der Waals surface area (Å²) in [5.41, 5.74) is 0. The van der Waals surface area contributed by atoms with Gasteiger partial charge in [-0.05, 0) is 12.8 Å². The van der Waals surface area contributed by atoms with Gasteiger partial charge in [0.25, 0.3) is 0 Å². The van der Waals surface area contributed by atoms with Gasteiger partial charge in [-0.15, -0.1) is 0 Å². The Morgan fingerprint density at radius 3 is 2.33 bits per heavy atom. The van der Waals surface area contributed by atoms with Gasteiger partial charge in [0, 0.05) is 0 Å². The van der Waals surface area contributed by atoms with Crippen LogP contribution in [0.5, 0.6) is 0 Å². The molecule has 0 saturated carbocycles. The van der Waals surface area contributed by atoms with E-state index < -0.39 is 0 Å². The molecule has 0 rings (SSSR count). The fraction of sp³-hybridized carbons (Fsp3) is 0.800. The summed E-state index contributed by atoms with van der Waals surface area (Å²) in [5.74, 6) is 0. The van der Waals surface area contributed by atoms with Crippen molar-refractivity contribution < 1.29 is 0 Å². The summed E-state index contributed by atoms with van der Waals surface area (Å²) in [7, 11) is 0. The first-order chi connectivity index (χ1) is 5.81. The zero-order valence-electron chi connectivity index (χ0n) is 7.81. The molecular weight excluding hydrogens is 166 g/mol. The van der Waals surface area contributed by atoms with Gasteiger partial charge in [-0.2, -0.15) is 5.26 Å². The molecule has 0 aromatic heterocycles. The molecule has 0 aromatic carbocycles. The number of hydrogen-bond donors (Lipinski definition) is 0. The minimum Gasteiger partial charge on any atom is -0.192 e. The van der Waals surface area contributed by atoms with Crippen LogP contribution in [0.3, 0.4) is 0 Å². The summed E-state index contributed by atoms with van der Waals surface area (Å²) in [6, 6.07) is 2.00. The normalized spacial score (nSPS) is 9.33. The van der Waals surface area contributed by atoms with Crippen molar-refractivity contribution in [1.82, 2.24) is 0 Å². The Morgan fingerprint density at radius 2 is 1.75 bits per heavy atom. The van der Waals surface area contributed by atoms with Crippen molar-refractivity contribution in [1.29, 1.82) is 5.26 Å². The Morgan fingerprint density at radius 1 is 1.17 bits per heavy atom. The molecule has 68 valence electrons. The van der Waals surface area contributed by atoms with E-state index in [1.807, 2.05) is 6.07 Å². The molecular formula is C10H17NS. The average Bonchev–Trinajstić information content (AvgIpc) is 2.10. The maximum Gasteiger partial charge on any atom is 0.106 e. The second-order valence-corrected chi connectivity index (χ2v) is 3.55. The number of hydrogen-bond acceptors (Lipinski definition) is 2. The third-order valence-electron chi connectivity index (χ3n) is 1.88. The number of thiocarbonyl (C=S) groups is 1. The smallest absolute Gasteiger partial charge is 0.106 e. The summed E-state index contributed by atoms with van der Waals surface area (Å²) in [5, 5.41) is 8.38. The lowest BCUT2D eigenvalue weighted by Gasteiger charge is -1.97. The maximum atomic E-state index is 8.38. The Labute approximate surface area is 80.8 Å². The zero-order valence-corrected chi connectivity index (χ0v) is 8.62. The number of nitrogens with zero attached hydrogens (tertiary/aromatic N) is 1. The molecule has 0 saturated heterocycles. The topological polar surface area (TPSA) is 23.8 Å². The van der Waals surface area contributed by atoms with E-state index in [0.29, 0.717) is 4.86 Å². The number of unbranched alkanes of at least 4 members (excludes halogenated alkanes) is 5. The Balaban J connectivity index is 3.02. The Bertz CT molecular complexity index is 158. The molecule has 0 aliphatic carbocycles. The van der Waals surface area contributed by atoms with Crippen LogP contribution in [0, 0.1) is 11.3 Å². The molecule has 0 spiro atoms. The Hall–Kier alpha value is -0.420. The van der Waals surface area contributed by atoms with E-state index in [9.17, 15) is 0 Å². The van der Waals surface area contributed by atoms with Crippen LogP contribution in [0.4, 0.5) is 0 Å². The lowest BCUT2D eigenvalue weighted by Crippen LogP contribution is -1.88. The van der Waals surface area contributed by atoms with Gasteiger partial charge in [0.15, 0.2) is 0 Å². The lowest BCUT2D eigenvalue weighted by molar-refractivity contribution is 0.616. The summed E-state index contributed by atoms with van der Waals surface area (Å²) in [6.07, 6.45) is 8.38. The molecule has 1 nitrogen and oxygen atoms in total. The molecule has 0 bridgehead atoms. The molecule has 0 radical (unpaired) electrons. The SMILES string of the molecule is CCCCCCCCC(=S)C#N. The van der Waals surface area contributed by atoms with Crippen LogP contribution in [-0.2, 0) is 0 Å².